The molecule has 0 aromatic rings. The molecule has 0 aromatic heterocycles. The predicted octanol–water partition coefficient (Wildman–Crippen LogP) is 4.41. The van der Waals surface area contributed by atoms with Crippen molar-refractivity contribution in [2.45, 2.75) is 65.4 Å². The monoisotopic (exact) mass is 250 g/mol. The smallest absolute Gasteiger partial charge is 0.334 e. The number of cyclic esters (lactones) is 1. The fourth-order valence-corrected chi connectivity index (χ4v) is 2.24. The highest BCUT2D eigenvalue weighted by molar-refractivity contribution is 5.91. The van der Waals surface area contributed by atoms with Crippen molar-refractivity contribution in [2.75, 3.05) is 0 Å². The van der Waals surface area contributed by atoms with Gasteiger partial charge in [0.25, 0.3) is 0 Å². The molecular formula is C16H26O2. The maximum Gasteiger partial charge on any atom is 0.334 e. The normalized spacial score (nSPS) is 26.2. The van der Waals surface area contributed by atoms with E-state index in [4.69, 9.17) is 4.74 Å². The molecule has 102 valence electrons. The summed E-state index contributed by atoms with van der Waals surface area (Å²) in [4.78, 5) is 11.8. The quantitative estimate of drug-likeness (QED) is 0.289. The zero-order valence-corrected chi connectivity index (χ0v) is 11.9. The lowest BCUT2D eigenvalue weighted by atomic mass is 9.94. The Morgan fingerprint density at radius 2 is 1.94 bits per heavy atom. The second-order valence-corrected chi connectivity index (χ2v) is 5.01. The molecule has 2 heteroatoms. The van der Waals surface area contributed by atoms with Gasteiger partial charge in [-0.1, -0.05) is 51.3 Å². The van der Waals surface area contributed by atoms with E-state index in [9.17, 15) is 4.79 Å². The summed E-state index contributed by atoms with van der Waals surface area (Å²) < 4.78 is 5.32. The molecule has 1 saturated heterocycles. The molecule has 1 aliphatic heterocycles. The molecule has 0 aromatic carbocycles. The number of ether oxygens (including phenoxy) is 1. The first-order valence-corrected chi connectivity index (χ1v) is 7.28. The van der Waals surface area contributed by atoms with Crippen molar-refractivity contribution in [3.05, 3.63) is 23.8 Å². The number of hydrogen-bond donors (Lipinski definition) is 0. The molecule has 1 rings (SSSR count). The summed E-state index contributed by atoms with van der Waals surface area (Å²) in [6.45, 7) is 6.33. The molecule has 0 spiro atoms. The third-order valence-electron chi connectivity index (χ3n) is 3.36. The highest BCUT2D eigenvalue weighted by Crippen LogP contribution is 2.29. The van der Waals surface area contributed by atoms with Crippen LogP contribution in [0.25, 0.3) is 0 Å². The molecule has 0 N–H and O–H groups in total. The summed E-state index contributed by atoms with van der Waals surface area (Å²) in [5.74, 6) is 0.0378. The molecule has 0 radical (unpaired) electrons. The first kappa shape index (κ1) is 15.0. The van der Waals surface area contributed by atoms with Crippen LogP contribution in [0.4, 0.5) is 0 Å². The number of unbranched alkanes of at least 4 members (excludes halogenated alkanes) is 4. The Hall–Kier alpha value is -1.05. The highest BCUT2D eigenvalue weighted by Gasteiger charge is 2.34. The van der Waals surface area contributed by atoms with Crippen molar-refractivity contribution in [3.8, 4) is 0 Å². The minimum Gasteiger partial charge on any atom is -0.458 e. The number of hydrogen-bond acceptors (Lipinski definition) is 2. The lowest BCUT2D eigenvalue weighted by Gasteiger charge is -2.08. The van der Waals surface area contributed by atoms with Gasteiger partial charge in [0.05, 0.1) is 0 Å². The van der Waals surface area contributed by atoms with E-state index in [2.05, 4.69) is 32.1 Å². The summed E-state index contributed by atoms with van der Waals surface area (Å²) in [6.07, 6.45) is 13.2. The third-order valence-corrected chi connectivity index (χ3v) is 3.36. The topological polar surface area (TPSA) is 26.3 Å². The van der Waals surface area contributed by atoms with Crippen LogP contribution in [0.15, 0.2) is 23.8 Å². The van der Waals surface area contributed by atoms with Crippen molar-refractivity contribution in [2.24, 2.45) is 5.92 Å². The van der Waals surface area contributed by atoms with Crippen LogP contribution >= 0.6 is 0 Å². The largest absolute Gasteiger partial charge is 0.458 e. The Kier molecular flexibility index (Phi) is 6.77. The van der Waals surface area contributed by atoms with Crippen molar-refractivity contribution in [1.29, 1.82) is 0 Å². The minimum absolute atomic E-state index is 0.0111. The molecule has 0 unspecified atom stereocenters. The van der Waals surface area contributed by atoms with Crippen molar-refractivity contribution in [3.63, 3.8) is 0 Å². The van der Waals surface area contributed by atoms with Crippen LogP contribution < -0.4 is 0 Å². The summed E-state index contributed by atoms with van der Waals surface area (Å²) >= 11 is 0. The Labute approximate surface area is 111 Å². The van der Waals surface area contributed by atoms with Gasteiger partial charge in [0, 0.05) is 11.5 Å². The molecule has 0 bridgehead atoms. The van der Waals surface area contributed by atoms with Crippen LogP contribution in [0.2, 0.25) is 0 Å². The van der Waals surface area contributed by atoms with E-state index in [1.165, 1.54) is 12.8 Å². The molecule has 0 aliphatic carbocycles. The van der Waals surface area contributed by atoms with Gasteiger partial charge < -0.3 is 4.74 Å². The van der Waals surface area contributed by atoms with E-state index >= 15 is 0 Å². The molecule has 0 amide bonds. The van der Waals surface area contributed by atoms with Gasteiger partial charge in [0.1, 0.15) is 6.10 Å². The van der Waals surface area contributed by atoms with Gasteiger partial charge in [-0.25, -0.2) is 4.79 Å². The average molecular weight is 250 g/mol. The van der Waals surface area contributed by atoms with Crippen LogP contribution in [-0.2, 0) is 9.53 Å². The molecule has 2 atom stereocenters. The Morgan fingerprint density at radius 1 is 1.17 bits per heavy atom. The van der Waals surface area contributed by atoms with Crippen molar-refractivity contribution < 1.29 is 9.53 Å². The molecular weight excluding hydrogens is 224 g/mol. The van der Waals surface area contributed by atoms with Gasteiger partial charge in [-0.05, 0) is 26.2 Å². The Balaban J connectivity index is 2.62. The summed E-state index contributed by atoms with van der Waals surface area (Å²) in [5.41, 5.74) is 0.867. The number of carbonyl (C=O) groups is 1. The van der Waals surface area contributed by atoms with Gasteiger partial charge in [-0.15, -0.1) is 0 Å². The van der Waals surface area contributed by atoms with E-state index in [1.54, 1.807) is 0 Å². The minimum atomic E-state index is -0.120. The predicted molar refractivity (Wildman–Crippen MR) is 75.3 cm³/mol. The average Bonchev–Trinajstić information content (AvgIpc) is 2.61. The summed E-state index contributed by atoms with van der Waals surface area (Å²) in [7, 11) is 0. The Morgan fingerprint density at radius 3 is 2.61 bits per heavy atom. The van der Waals surface area contributed by atoms with Gasteiger partial charge >= 0.3 is 5.97 Å². The Bertz CT molecular complexity index is 315. The van der Waals surface area contributed by atoms with E-state index < -0.39 is 0 Å². The SMILES string of the molecule is CCC/C=C/[C@H]1/C(=C/CCCCC)C(=O)O[C@@H]1C. The lowest BCUT2D eigenvalue weighted by molar-refractivity contribution is -0.138. The summed E-state index contributed by atoms with van der Waals surface area (Å²) in [6, 6.07) is 0. The maximum absolute atomic E-state index is 11.8. The fraction of sp³-hybridized carbons (Fsp3) is 0.688. The molecule has 1 aliphatic rings. The fourth-order valence-electron chi connectivity index (χ4n) is 2.24. The van der Waals surface area contributed by atoms with Gasteiger partial charge in [0.2, 0.25) is 0 Å². The standard InChI is InChI=1S/C16H26O2/c1-4-6-8-10-12-15-14(11-9-7-5-2)13(3)18-16(15)17/h9,11-14H,4-8,10H2,1-3H3/b11-9+,15-12-/t13-,14-/m1/s1. The van der Waals surface area contributed by atoms with Gasteiger partial charge in [0.15, 0.2) is 0 Å². The van der Waals surface area contributed by atoms with Gasteiger partial charge in [-0.3, -0.25) is 0 Å². The van der Waals surface area contributed by atoms with Crippen LogP contribution in [0.3, 0.4) is 0 Å². The highest BCUT2D eigenvalue weighted by atomic mass is 16.5. The first-order chi connectivity index (χ1) is 8.70. The van der Waals surface area contributed by atoms with E-state index in [0.29, 0.717) is 0 Å². The van der Waals surface area contributed by atoms with Crippen LogP contribution in [0.1, 0.15) is 59.3 Å². The third kappa shape index (κ3) is 4.32. The lowest BCUT2D eigenvalue weighted by Crippen LogP contribution is -2.09. The van der Waals surface area contributed by atoms with E-state index in [1.807, 2.05) is 6.92 Å². The first-order valence-electron chi connectivity index (χ1n) is 7.28. The van der Waals surface area contributed by atoms with Crippen molar-refractivity contribution >= 4 is 5.97 Å². The summed E-state index contributed by atoms with van der Waals surface area (Å²) in [5, 5.41) is 0. The molecule has 0 saturated carbocycles. The second-order valence-electron chi connectivity index (χ2n) is 5.01. The molecule has 18 heavy (non-hydrogen) atoms. The molecule has 2 nitrogen and oxygen atoms in total. The number of esters is 1. The van der Waals surface area contributed by atoms with Crippen LogP contribution in [-0.4, -0.2) is 12.1 Å². The zero-order valence-electron chi connectivity index (χ0n) is 11.9. The van der Waals surface area contributed by atoms with Crippen LogP contribution in [0, 0.1) is 5.92 Å². The number of carbonyl (C=O) groups excluding carboxylic acids is 1. The van der Waals surface area contributed by atoms with Crippen molar-refractivity contribution in [1.82, 2.24) is 0 Å². The number of allylic oxidation sites excluding steroid dienone is 2. The zero-order chi connectivity index (χ0) is 13.4. The second kappa shape index (κ2) is 8.12. The van der Waals surface area contributed by atoms with Crippen LogP contribution in [0.5, 0.6) is 0 Å². The molecule has 1 heterocycles. The molecule has 1 fully saturated rings. The maximum atomic E-state index is 11.8. The van der Waals surface area contributed by atoms with E-state index in [0.717, 1.165) is 31.3 Å². The van der Waals surface area contributed by atoms with E-state index in [-0.39, 0.29) is 18.0 Å². The van der Waals surface area contributed by atoms with Gasteiger partial charge in [-0.2, -0.15) is 0 Å². The number of rotatable bonds is 7.